The van der Waals surface area contributed by atoms with E-state index in [0.717, 1.165) is 66.3 Å². The number of aryl methyl sites for hydroxylation is 1. The summed E-state index contributed by atoms with van der Waals surface area (Å²) >= 11 is 1.47. The fourth-order valence-electron chi connectivity index (χ4n) is 13.1. The highest BCUT2D eigenvalue weighted by atomic mass is 32.2. The Labute approximate surface area is 601 Å². The molecule has 0 bridgehead atoms. The summed E-state index contributed by atoms with van der Waals surface area (Å²) < 4.78 is 34.5. The lowest BCUT2D eigenvalue weighted by Gasteiger charge is -2.21. The van der Waals surface area contributed by atoms with Crippen molar-refractivity contribution in [3.63, 3.8) is 0 Å². The van der Waals surface area contributed by atoms with Crippen molar-refractivity contribution in [2.24, 2.45) is 17.3 Å². The van der Waals surface area contributed by atoms with Crippen molar-refractivity contribution in [2.75, 3.05) is 52.8 Å². The molecule has 24 nitrogen and oxygen atoms in total. The molecule has 5 atom stereocenters. The molecule has 7 amide bonds. The Kier molecular flexibility index (Phi) is 30.3. The number of pyridine rings is 1. The topological polar surface area (TPSA) is 311 Å². The van der Waals surface area contributed by atoms with Gasteiger partial charge in [0.05, 0.1) is 87.9 Å². The molecular formula is C77H99N7O17S. The lowest BCUT2D eigenvalue weighted by Crippen LogP contribution is -2.52. The first-order valence-electron chi connectivity index (χ1n) is 35.9. The van der Waals surface area contributed by atoms with Crippen LogP contribution in [0.3, 0.4) is 0 Å². The highest BCUT2D eigenvalue weighted by molar-refractivity contribution is 8.04. The maximum absolute atomic E-state index is 13.5. The molecule has 1 aliphatic carbocycles. The Morgan fingerprint density at radius 2 is 1.38 bits per heavy atom. The number of likely N-dealkylation sites (tertiary alicyclic amines) is 1. The molecule has 1 aromatic heterocycles. The van der Waals surface area contributed by atoms with E-state index in [4.69, 9.17) is 33.4 Å². The van der Waals surface area contributed by atoms with E-state index in [2.05, 4.69) is 28.2 Å². The zero-order valence-electron chi connectivity index (χ0n) is 59.7. The number of nitrogens with zero attached hydrogens (tertiary/aromatic N) is 3. The van der Waals surface area contributed by atoms with Crippen molar-refractivity contribution in [1.29, 1.82) is 0 Å². The van der Waals surface area contributed by atoms with Crippen molar-refractivity contribution < 1.29 is 81.2 Å². The van der Waals surface area contributed by atoms with Gasteiger partial charge in [-0.15, -0.1) is 11.8 Å². The number of ether oxygens (including phenoxy) is 6. The van der Waals surface area contributed by atoms with E-state index in [1.165, 1.54) is 23.8 Å². The molecule has 2 fully saturated rings. The molecule has 102 heavy (non-hydrogen) atoms. The van der Waals surface area contributed by atoms with Crippen LogP contribution in [-0.4, -0.2) is 145 Å². The number of fused-ring (bicyclic) bond motifs is 3. The number of methoxy groups -OCH3 is 2. The van der Waals surface area contributed by atoms with E-state index >= 15 is 0 Å². The summed E-state index contributed by atoms with van der Waals surface area (Å²) in [5.74, 6) is -0.944. The van der Waals surface area contributed by atoms with Crippen LogP contribution in [0.25, 0.3) is 6.08 Å². The Hall–Kier alpha value is -9.13. The number of imide groups is 1. The molecule has 550 valence electrons. The van der Waals surface area contributed by atoms with Crippen LogP contribution >= 0.6 is 11.8 Å². The maximum Gasteiger partial charge on any atom is 0.306 e. The van der Waals surface area contributed by atoms with Crippen LogP contribution in [0.4, 0.5) is 0 Å². The number of rotatable bonds is 44. The fourth-order valence-corrected chi connectivity index (χ4v) is 14.1. The summed E-state index contributed by atoms with van der Waals surface area (Å²) in [5, 5.41) is 10.6. The van der Waals surface area contributed by atoms with E-state index in [9.17, 15) is 52.7 Å². The van der Waals surface area contributed by atoms with E-state index in [1.807, 2.05) is 45.0 Å². The van der Waals surface area contributed by atoms with Gasteiger partial charge in [-0.25, -0.2) is 4.98 Å². The summed E-state index contributed by atoms with van der Waals surface area (Å²) in [5.41, 5.74) is 4.98. The quantitative estimate of drug-likeness (QED) is 0.0182. The van der Waals surface area contributed by atoms with Crippen LogP contribution < -0.4 is 40.2 Å². The summed E-state index contributed by atoms with van der Waals surface area (Å²) in [6, 6.07) is 20.6. The van der Waals surface area contributed by atoms with E-state index in [0.29, 0.717) is 97.1 Å². The third-order valence-corrected chi connectivity index (χ3v) is 20.0. The van der Waals surface area contributed by atoms with Gasteiger partial charge in [0.1, 0.15) is 18.4 Å². The summed E-state index contributed by atoms with van der Waals surface area (Å²) in [6.07, 6.45) is 11.0. The standard InChI is InChI=1S/C77H99N7O17S/c1-7-9-34-77-51(4)72(77)75(94)84(76(77)95)35-17-11-14-22-58(85)23-15-16-24-66(87)79-46-68(89)81-59(39-52-20-12-10-13-21-52)73(93)80-45-67(88)78-44-53-25-27-54(28-26-53)49-100-70(91)32-30-69(90)83-47-57-42-64(97-6)74(82-60(57)48-83)99-37-18-36-98-63-41-56-43-65(102-38-33-55(56)40-62(63)96-5)61(86)29-31-71(92)101-50(3)19-8-2/h10,12-13,20-21,25-28,40-43,50-51,59,72H,7-9,11,14-19,22-24,29-39,44-49H2,1-6H3,(H,78,88)(H,79,87)(H,80,93)(H,81,89)/t50?,51-,59?,72?,77?/m1/s1. The maximum atomic E-state index is 13.5. The third kappa shape index (κ3) is 22.7. The Morgan fingerprint density at radius 3 is 2.13 bits per heavy atom. The lowest BCUT2D eigenvalue weighted by molar-refractivity contribution is -0.149. The zero-order chi connectivity index (χ0) is 73.1. The Bertz CT molecular complexity index is 3660. The number of allylic oxidation sites excluding steroid dienone is 1. The van der Waals surface area contributed by atoms with Gasteiger partial charge in [-0.05, 0) is 115 Å². The number of unbranched alkanes of at least 4 members (excludes halogenated alkanes) is 4. The predicted molar refractivity (Wildman–Crippen MR) is 381 cm³/mol. The number of benzene rings is 3. The number of carbonyl (C=O) groups excluding carboxylic acids is 11. The van der Waals surface area contributed by atoms with Gasteiger partial charge in [-0.1, -0.05) is 101 Å². The number of nitrogens with one attached hydrogen (secondary N) is 4. The molecule has 4 unspecified atom stereocenters. The van der Waals surface area contributed by atoms with Crippen molar-refractivity contribution >= 4 is 82.7 Å². The van der Waals surface area contributed by atoms with Gasteiger partial charge in [0, 0.05) is 70.3 Å². The molecule has 0 radical (unpaired) electrons. The highest BCUT2D eigenvalue weighted by Gasteiger charge is 2.76. The van der Waals surface area contributed by atoms with Gasteiger partial charge in [0.25, 0.3) is 5.88 Å². The molecule has 8 rings (SSSR count). The monoisotopic (exact) mass is 1430 g/mol. The van der Waals surface area contributed by atoms with Gasteiger partial charge < -0.3 is 54.6 Å². The average molecular weight is 1430 g/mol. The lowest BCUT2D eigenvalue weighted by atomic mass is 9.95. The zero-order valence-corrected chi connectivity index (χ0v) is 60.5. The Morgan fingerprint density at radius 1 is 0.676 bits per heavy atom. The Balaban J connectivity index is 0.675. The number of ketones is 2. The minimum Gasteiger partial charge on any atom is -0.493 e. The van der Waals surface area contributed by atoms with Gasteiger partial charge in [0.15, 0.2) is 23.0 Å². The normalized spacial score (nSPS) is 16.9. The minimum absolute atomic E-state index is 0.0191. The largest absolute Gasteiger partial charge is 0.493 e. The first-order chi connectivity index (χ1) is 49.2. The molecule has 1 saturated heterocycles. The first kappa shape index (κ1) is 78.6. The molecule has 4 N–H and O–H groups in total. The van der Waals surface area contributed by atoms with E-state index in [1.54, 1.807) is 66.6 Å². The van der Waals surface area contributed by atoms with E-state index < -0.39 is 35.1 Å². The van der Waals surface area contributed by atoms with Crippen molar-refractivity contribution in [1.82, 2.24) is 36.1 Å². The second-order valence-corrected chi connectivity index (χ2v) is 27.7. The number of amides is 7. The first-order valence-corrected chi connectivity index (χ1v) is 36.9. The SMILES string of the molecule is CCCCC12C(=O)N(CCCCCC(=O)CCCCC(=O)NCC(=O)NC(Cc3ccccc3)C(=O)NCC(=O)NCc3ccc(COC(=O)CCC(=O)N4Cc5cc(OC)c(OCCCOc6cc7c(cc6OC)CCSC(C(=O)CCC(=O)OC(C)CCC)=C7)nc5C4)cc3)C(=O)C1[C@H]2C. The fraction of sp³-hybridized carbons (Fsp3) is 0.532. The number of aromatic nitrogens is 1. The summed E-state index contributed by atoms with van der Waals surface area (Å²) in [6.45, 7) is 8.68. The average Bonchev–Trinajstić information content (AvgIpc) is 1.51. The number of Topliss-reactive ketones (excluding diaryl/α,β-unsaturated/α-hetero) is 2. The predicted octanol–water partition coefficient (Wildman–Crippen LogP) is 9.10. The molecule has 0 spiro atoms. The van der Waals surface area contributed by atoms with Crippen molar-refractivity contribution in [3.8, 4) is 23.1 Å². The molecule has 4 heterocycles. The molecule has 4 aromatic rings. The summed E-state index contributed by atoms with van der Waals surface area (Å²) in [7, 11) is 3.08. The van der Waals surface area contributed by atoms with Gasteiger partial charge in [0.2, 0.25) is 41.4 Å². The second-order valence-electron chi connectivity index (χ2n) is 26.5. The number of hydrogen-bond donors (Lipinski definition) is 4. The molecule has 25 heteroatoms. The molecule has 3 aromatic carbocycles. The summed E-state index contributed by atoms with van der Waals surface area (Å²) in [4.78, 5) is 151. The molecular weight excluding hydrogens is 1330 g/mol. The van der Waals surface area contributed by atoms with Crippen LogP contribution in [0.15, 0.2) is 77.7 Å². The molecule has 4 aliphatic rings. The molecule has 3 aliphatic heterocycles. The van der Waals surface area contributed by atoms with Crippen LogP contribution in [0, 0.1) is 17.3 Å². The smallest absolute Gasteiger partial charge is 0.306 e. The van der Waals surface area contributed by atoms with Gasteiger partial charge in [-0.3, -0.25) is 57.6 Å². The van der Waals surface area contributed by atoms with Gasteiger partial charge in [-0.2, -0.15) is 0 Å². The number of thioether (sulfide) groups is 1. The number of esters is 2. The van der Waals surface area contributed by atoms with Crippen molar-refractivity contribution in [2.45, 2.75) is 194 Å². The second kappa shape index (κ2) is 39.3. The van der Waals surface area contributed by atoms with Crippen LogP contribution in [0.2, 0.25) is 0 Å². The number of carbonyl (C=O) groups is 11. The third-order valence-electron chi connectivity index (χ3n) is 19.0. The number of piperidine rings is 1. The van der Waals surface area contributed by atoms with Crippen LogP contribution in [-0.2, 0) is 101 Å². The van der Waals surface area contributed by atoms with Gasteiger partial charge >= 0.3 is 11.9 Å². The number of hydrogen-bond acceptors (Lipinski definition) is 19. The van der Waals surface area contributed by atoms with Crippen molar-refractivity contribution in [3.05, 3.63) is 117 Å². The highest BCUT2D eigenvalue weighted by Crippen LogP contribution is 2.67. The van der Waals surface area contributed by atoms with E-state index in [-0.39, 0.29) is 156 Å². The van der Waals surface area contributed by atoms with Crippen LogP contribution in [0.1, 0.15) is 182 Å². The molecule has 1 saturated carbocycles. The minimum atomic E-state index is -1.06. The van der Waals surface area contributed by atoms with Crippen LogP contribution in [0.5, 0.6) is 23.1 Å².